The molecule has 2 atom stereocenters. The molecule has 0 heterocycles. The Kier molecular flexibility index (Phi) is 8.94. The number of amides is 2. The van der Waals surface area contributed by atoms with E-state index in [0.717, 1.165) is 19.3 Å². The predicted octanol–water partition coefficient (Wildman–Crippen LogP) is 4.97. The molecule has 2 N–H and O–H groups in total. The summed E-state index contributed by atoms with van der Waals surface area (Å²) in [5.74, 6) is 0.367. The van der Waals surface area contributed by atoms with Crippen molar-refractivity contribution in [3.05, 3.63) is 58.6 Å². The highest BCUT2D eigenvalue weighted by atomic mass is 35.5. The predicted molar refractivity (Wildman–Crippen MR) is 132 cm³/mol. The molecule has 0 saturated heterocycles. The monoisotopic (exact) mass is 481 g/mol. The van der Waals surface area contributed by atoms with Crippen LogP contribution in [0.15, 0.2) is 48.0 Å². The SMILES string of the molecule is COc1cc(/C=C(\C#N)C(=O)N[C@H]2CCCC[C@@H]2C)ccc1OCC(=O)Nc1ccccc1Cl. The molecule has 3 rings (SSSR count). The Morgan fingerprint density at radius 3 is 2.65 bits per heavy atom. The Bertz CT molecular complexity index is 1110. The number of methoxy groups -OCH3 is 1. The van der Waals surface area contributed by atoms with Gasteiger partial charge in [-0.25, -0.2) is 0 Å². The van der Waals surface area contributed by atoms with Crippen molar-refractivity contribution in [2.75, 3.05) is 19.0 Å². The zero-order valence-corrected chi connectivity index (χ0v) is 20.0. The lowest BCUT2D eigenvalue weighted by Crippen LogP contribution is -2.41. The zero-order chi connectivity index (χ0) is 24.5. The maximum atomic E-state index is 12.7. The van der Waals surface area contributed by atoms with E-state index in [2.05, 4.69) is 17.6 Å². The Morgan fingerprint density at radius 2 is 1.94 bits per heavy atom. The number of nitrogens with one attached hydrogen (secondary N) is 2. The fourth-order valence-corrected chi connectivity index (χ4v) is 4.06. The van der Waals surface area contributed by atoms with Gasteiger partial charge in [0.2, 0.25) is 0 Å². The van der Waals surface area contributed by atoms with Crippen molar-refractivity contribution < 1.29 is 19.1 Å². The Labute approximate surface area is 204 Å². The largest absolute Gasteiger partial charge is 0.493 e. The maximum Gasteiger partial charge on any atom is 0.262 e. The third kappa shape index (κ3) is 6.75. The van der Waals surface area contributed by atoms with Crippen molar-refractivity contribution in [3.8, 4) is 17.6 Å². The standard InChI is InChI=1S/C26H28ClN3O4/c1-17-7-3-5-9-21(17)30-26(32)19(15-28)13-18-11-12-23(24(14-18)33-2)34-16-25(31)29-22-10-6-4-8-20(22)27/h4,6,8,10-14,17,21H,3,5,7,9,16H2,1-2H3,(H,29,31)(H,30,32)/b19-13+/t17-,21-/m0/s1. The van der Waals surface area contributed by atoms with Crippen LogP contribution in [0.5, 0.6) is 11.5 Å². The maximum absolute atomic E-state index is 12.7. The Balaban J connectivity index is 1.65. The molecule has 2 aromatic rings. The van der Waals surface area contributed by atoms with E-state index in [4.69, 9.17) is 21.1 Å². The summed E-state index contributed by atoms with van der Waals surface area (Å²) >= 11 is 6.06. The van der Waals surface area contributed by atoms with Crippen LogP contribution >= 0.6 is 11.6 Å². The number of nitrogens with zero attached hydrogens (tertiary/aromatic N) is 1. The molecular formula is C26H28ClN3O4. The molecule has 0 unspecified atom stereocenters. The first-order valence-corrected chi connectivity index (χ1v) is 11.6. The van der Waals surface area contributed by atoms with Gasteiger partial charge in [0.1, 0.15) is 11.6 Å². The summed E-state index contributed by atoms with van der Waals surface area (Å²) in [6, 6.07) is 14.0. The van der Waals surface area contributed by atoms with Crippen LogP contribution in [0.25, 0.3) is 6.08 Å². The first-order chi connectivity index (χ1) is 16.4. The van der Waals surface area contributed by atoms with Crippen molar-refractivity contribution in [1.82, 2.24) is 5.32 Å². The summed E-state index contributed by atoms with van der Waals surface area (Å²) < 4.78 is 11.0. The molecule has 0 radical (unpaired) electrons. The molecule has 1 aliphatic carbocycles. The molecule has 2 amide bonds. The van der Waals surface area contributed by atoms with Crippen LogP contribution in [0.2, 0.25) is 5.02 Å². The molecule has 0 aromatic heterocycles. The van der Waals surface area contributed by atoms with Gasteiger partial charge in [-0.3, -0.25) is 9.59 Å². The van der Waals surface area contributed by atoms with Crippen LogP contribution in [-0.2, 0) is 9.59 Å². The minimum atomic E-state index is -0.378. The second-order valence-electron chi connectivity index (χ2n) is 8.24. The van der Waals surface area contributed by atoms with Gasteiger partial charge in [0, 0.05) is 6.04 Å². The number of hydrogen-bond donors (Lipinski definition) is 2. The van der Waals surface area contributed by atoms with Crippen molar-refractivity contribution in [2.45, 2.75) is 38.6 Å². The van der Waals surface area contributed by atoms with Gasteiger partial charge in [0.05, 0.1) is 17.8 Å². The average molecular weight is 482 g/mol. The number of carbonyl (C=O) groups is 2. The third-order valence-electron chi connectivity index (χ3n) is 5.80. The zero-order valence-electron chi connectivity index (χ0n) is 19.3. The van der Waals surface area contributed by atoms with Gasteiger partial charge in [-0.05, 0) is 54.7 Å². The number of nitriles is 1. The van der Waals surface area contributed by atoms with E-state index in [1.54, 1.807) is 42.5 Å². The Hall–Kier alpha value is -3.50. The molecule has 1 fully saturated rings. The molecule has 8 heteroatoms. The summed E-state index contributed by atoms with van der Waals surface area (Å²) in [5.41, 5.74) is 1.12. The van der Waals surface area contributed by atoms with Crippen LogP contribution in [-0.4, -0.2) is 31.6 Å². The fourth-order valence-electron chi connectivity index (χ4n) is 3.88. The fraction of sp³-hybridized carbons (Fsp3) is 0.346. The van der Waals surface area contributed by atoms with Crippen LogP contribution in [0.3, 0.4) is 0 Å². The lowest BCUT2D eigenvalue weighted by molar-refractivity contribution is -0.119. The molecule has 0 bridgehead atoms. The first-order valence-electron chi connectivity index (χ1n) is 11.2. The van der Waals surface area contributed by atoms with E-state index in [-0.39, 0.29) is 30.0 Å². The minimum Gasteiger partial charge on any atom is -0.493 e. The highest BCUT2D eigenvalue weighted by Gasteiger charge is 2.24. The van der Waals surface area contributed by atoms with E-state index in [1.807, 2.05) is 6.07 Å². The topological polar surface area (TPSA) is 100 Å². The third-order valence-corrected chi connectivity index (χ3v) is 6.13. The normalized spacial score (nSPS) is 17.9. The van der Waals surface area contributed by atoms with Crippen molar-refractivity contribution in [1.29, 1.82) is 5.26 Å². The van der Waals surface area contributed by atoms with Gasteiger partial charge in [0.15, 0.2) is 18.1 Å². The molecule has 1 aliphatic rings. The number of ether oxygens (including phenoxy) is 2. The summed E-state index contributed by atoms with van der Waals surface area (Å²) in [6.07, 6.45) is 5.76. The quantitative estimate of drug-likeness (QED) is 0.409. The van der Waals surface area contributed by atoms with E-state index in [1.165, 1.54) is 19.6 Å². The first kappa shape index (κ1) is 25.1. The summed E-state index contributed by atoms with van der Waals surface area (Å²) in [5, 5.41) is 15.6. The molecule has 178 valence electrons. The average Bonchev–Trinajstić information content (AvgIpc) is 2.84. The number of anilines is 1. The van der Waals surface area contributed by atoms with Gasteiger partial charge in [0.25, 0.3) is 11.8 Å². The lowest BCUT2D eigenvalue weighted by atomic mass is 9.86. The van der Waals surface area contributed by atoms with E-state index >= 15 is 0 Å². The van der Waals surface area contributed by atoms with E-state index < -0.39 is 0 Å². The molecule has 2 aromatic carbocycles. The molecular weight excluding hydrogens is 454 g/mol. The second-order valence-corrected chi connectivity index (χ2v) is 8.65. The van der Waals surface area contributed by atoms with Crippen molar-refractivity contribution in [2.24, 2.45) is 5.92 Å². The highest BCUT2D eigenvalue weighted by Crippen LogP contribution is 2.29. The highest BCUT2D eigenvalue weighted by molar-refractivity contribution is 6.33. The van der Waals surface area contributed by atoms with Gasteiger partial charge >= 0.3 is 0 Å². The number of para-hydroxylation sites is 1. The summed E-state index contributed by atoms with van der Waals surface area (Å²) in [4.78, 5) is 24.9. The van der Waals surface area contributed by atoms with Gasteiger partial charge in [-0.15, -0.1) is 0 Å². The van der Waals surface area contributed by atoms with Crippen LogP contribution < -0.4 is 20.1 Å². The van der Waals surface area contributed by atoms with Crippen LogP contribution in [0.4, 0.5) is 5.69 Å². The summed E-state index contributed by atoms with van der Waals surface area (Å²) in [6.45, 7) is 1.88. The van der Waals surface area contributed by atoms with Gasteiger partial charge < -0.3 is 20.1 Å². The Morgan fingerprint density at radius 1 is 1.18 bits per heavy atom. The van der Waals surface area contributed by atoms with Crippen LogP contribution in [0, 0.1) is 17.2 Å². The van der Waals surface area contributed by atoms with Crippen LogP contribution in [0.1, 0.15) is 38.2 Å². The number of halogens is 1. The van der Waals surface area contributed by atoms with E-state index in [9.17, 15) is 14.9 Å². The van der Waals surface area contributed by atoms with Crippen molar-refractivity contribution in [3.63, 3.8) is 0 Å². The number of benzene rings is 2. The minimum absolute atomic E-state index is 0.0209. The summed E-state index contributed by atoms with van der Waals surface area (Å²) in [7, 11) is 1.47. The second kappa shape index (κ2) is 12.1. The molecule has 0 aliphatic heterocycles. The molecule has 0 spiro atoms. The number of hydrogen-bond acceptors (Lipinski definition) is 5. The van der Waals surface area contributed by atoms with Gasteiger partial charge in [-0.2, -0.15) is 5.26 Å². The van der Waals surface area contributed by atoms with Crippen molar-refractivity contribution >= 4 is 35.2 Å². The van der Waals surface area contributed by atoms with Gasteiger partial charge in [-0.1, -0.05) is 49.6 Å². The smallest absolute Gasteiger partial charge is 0.262 e. The number of carbonyl (C=O) groups excluding carboxylic acids is 2. The molecule has 34 heavy (non-hydrogen) atoms. The molecule has 7 nitrogen and oxygen atoms in total. The lowest BCUT2D eigenvalue weighted by Gasteiger charge is -2.29. The number of rotatable bonds is 8. The molecule has 1 saturated carbocycles. The van der Waals surface area contributed by atoms with E-state index in [0.29, 0.717) is 33.7 Å².